The second-order valence-electron chi connectivity index (χ2n) is 10.1. The summed E-state index contributed by atoms with van der Waals surface area (Å²) >= 11 is 0. The highest BCUT2D eigenvalue weighted by molar-refractivity contribution is 5.93. The Hall–Kier alpha value is -1.77. The van der Waals surface area contributed by atoms with Crippen LogP contribution in [0, 0.1) is 17.8 Å². The third kappa shape index (κ3) is 2.95. The molecule has 3 N–H and O–H groups in total. The molecule has 4 bridgehead atoms. The van der Waals surface area contributed by atoms with Gasteiger partial charge in [-0.1, -0.05) is 0 Å². The maximum absolute atomic E-state index is 12.0. The van der Waals surface area contributed by atoms with Crippen LogP contribution in [0.15, 0.2) is 6.20 Å². The van der Waals surface area contributed by atoms with Gasteiger partial charge in [-0.3, -0.25) is 4.79 Å². The molecule has 0 spiro atoms. The zero-order chi connectivity index (χ0) is 20.5. The first kappa shape index (κ1) is 19.0. The molecule has 1 aromatic heterocycles. The lowest BCUT2D eigenvalue weighted by atomic mass is 9.52. The monoisotopic (exact) mass is 414 g/mol. The zero-order valence-electron chi connectivity index (χ0n) is 17.2. The molecule has 1 amide bonds. The third-order valence-corrected chi connectivity index (χ3v) is 8.06. The molecule has 4 aliphatic carbocycles. The van der Waals surface area contributed by atoms with Crippen molar-refractivity contribution in [2.75, 3.05) is 24.7 Å². The normalized spacial score (nSPS) is 39.8. The van der Waals surface area contributed by atoms with Gasteiger partial charge in [0.1, 0.15) is 6.10 Å². The first-order valence-corrected chi connectivity index (χ1v) is 11.4. The SMILES string of the molecule is NC(=O)c1cnc(N(C2COC2)C2C3CC4CC2CC(O)(C4)C3)nc1[C@H]1CCCO1. The van der Waals surface area contributed by atoms with Crippen LogP contribution in [0.25, 0.3) is 0 Å². The van der Waals surface area contributed by atoms with Crippen LogP contribution in [-0.4, -0.2) is 58.5 Å². The molecule has 3 atom stereocenters. The molecule has 6 aliphatic rings. The fourth-order valence-electron chi connectivity index (χ4n) is 7.07. The number of hydrogen-bond donors (Lipinski definition) is 2. The van der Waals surface area contributed by atoms with Crippen molar-refractivity contribution in [2.45, 2.75) is 68.7 Å². The summed E-state index contributed by atoms with van der Waals surface area (Å²) in [6.07, 6.45) is 8.22. The Kier molecular flexibility index (Phi) is 4.34. The highest BCUT2D eigenvalue weighted by Gasteiger charge is 2.57. The van der Waals surface area contributed by atoms with E-state index in [9.17, 15) is 9.90 Å². The Morgan fingerprint density at radius 2 is 2.00 bits per heavy atom. The van der Waals surface area contributed by atoms with Gasteiger partial charge in [-0.15, -0.1) is 0 Å². The average molecular weight is 415 g/mol. The number of carbonyl (C=O) groups excluding carboxylic acids is 1. The van der Waals surface area contributed by atoms with Crippen molar-refractivity contribution in [3.05, 3.63) is 17.5 Å². The maximum Gasteiger partial charge on any atom is 0.252 e. The largest absolute Gasteiger partial charge is 0.390 e. The third-order valence-electron chi connectivity index (χ3n) is 8.06. The van der Waals surface area contributed by atoms with E-state index in [2.05, 4.69) is 9.88 Å². The van der Waals surface area contributed by atoms with Gasteiger partial charge in [-0.2, -0.15) is 0 Å². The fraction of sp³-hybridized carbons (Fsp3) is 0.773. The second kappa shape index (κ2) is 6.87. The standard InChI is InChI=1S/C22H30N4O4/c23-20(27)16-9-24-21(25-18(16)17-2-1-3-30-17)26(15-10-29-11-15)19-13-4-12-5-14(19)8-22(28,6-12)7-13/h9,12-15,17,19,28H,1-8,10-11H2,(H2,23,27)/t12?,13?,14?,17-,19?,22?/m1/s1. The smallest absolute Gasteiger partial charge is 0.252 e. The number of nitrogens with two attached hydrogens (primary N) is 1. The van der Waals surface area contributed by atoms with Gasteiger partial charge in [0.05, 0.1) is 36.1 Å². The molecule has 6 fully saturated rings. The minimum Gasteiger partial charge on any atom is -0.390 e. The van der Waals surface area contributed by atoms with Crippen LogP contribution < -0.4 is 10.6 Å². The number of rotatable bonds is 5. The summed E-state index contributed by atoms with van der Waals surface area (Å²) in [4.78, 5) is 23.9. The number of aromatic nitrogens is 2. The Balaban J connectivity index is 1.39. The molecule has 0 aromatic carbocycles. The highest BCUT2D eigenvalue weighted by Crippen LogP contribution is 2.57. The number of ether oxygens (including phenoxy) is 2. The Morgan fingerprint density at radius 1 is 1.23 bits per heavy atom. The predicted molar refractivity (Wildman–Crippen MR) is 108 cm³/mol. The van der Waals surface area contributed by atoms with Crippen LogP contribution in [0.2, 0.25) is 0 Å². The number of aliphatic hydroxyl groups is 1. The topological polar surface area (TPSA) is 111 Å². The summed E-state index contributed by atoms with van der Waals surface area (Å²) in [7, 11) is 0. The summed E-state index contributed by atoms with van der Waals surface area (Å²) in [5.41, 5.74) is 6.12. The van der Waals surface area contributed by atoms with Crippen molar-refractivity contribution >= 4 is 11.9 Å². The van der Waals surface area contributed by atoms with Crippen molar-refractivity contribution in [3.8, 4) is 0 Å². The van der Waals surface area contributed by atoms with Gasteiger partial charge in [-0.25, -0.2) is 9.97 Å². The number of carbonyl (C=O) groups is 1. The van der Waals surface area contributed by atoms with Crippen molar-refractivity contribution in [2.24, 2.45) is 23.5 Å². The van der Waals surface area contributed by atoms with Crippen LogP contribution in [0.3, 0.4) is 0 Å². The first-order valence-electron chi connectivity index (χ1n) is 11.4. The number of amides is 1. The number of hydrogen-bond acceptors (Lipinski definition) is 7. The van der Waals surface area contributed by atoms with Gasteiger partial charge < -0.3 is 25.2 Å². The van der Waals surface area contributed by atoms with Crippen LogP contribution in [0.4, 0.5) is 5.95 Å². The Morgan fingerprint density at radius 3 is 2.57 bits per heavy atom. The molecular formula is C22H30N4O4. The summed E-state index contributed by atoms with van der Waals surface area (Å²) < 4.78 is 11.4. The summed E-state index contributed by atoms with van der Waals surface area (Å²) in [6, 6.07) is 0.548. The summed E-state index contributed by atoms with van der Waals surface area (Å²) in [6.45, 7) is 2.01. The van der Waals surface area contributed by atoms with E-state index in [1.54, 1.807) is 6.20 Å². The summed E-state index contributed by atoms with van der Waals surface area (Å²) in [5.74, 6) is 1.69. The van der Waals surface area contributed by atoms with Gasteiger partial charge in [-0.05, 0) is 62.7 Å². The number of primary amides is 1. The zero-order valence-corrected chi connectivity index (χ0v) is 17.2. The van der Waals surface area contributed by atoms with E-state index in [-0.39, 0.29) is 12.1 Å². The Bertz CT molecular complexity index is 838. The molecule has 30 heavy (non-hydrogen) atoms. The number of nitrogens with zero attached hydrogens (tertiary/aromatic N) is 3. The molecule has 2 saturated heterocycles. The van der Waals surface area contributed by atoms with Gasteiger partial charge in [0.25, 0.3) is 5.91 Å². The molecule has 7 rings (SSSR count). The van der Waals surface area contributed by atoms with E-state index >= 15 is 0 Å². The van der Waals surface area contributed by atoms with E-state index in [1.165, 1.54) is 12.8 Å². The molecule has 8 nitrogen and oxygen atoms in total. The van der Waals surface area contributed by atoms with Gasteiger partial charge in [0, 0.05) is 18.8 Å². The summed E-state index contributed by atoms with van der Waals surface area (Å²) in [5, 5.41) is 11.0. The molecule has 3 heterocycles. The average Bonchev–Trinajstić information content (AvgIpc) is 3.18. The molecule has 4 saturated carbocycles. The van der Waals surface area contributed by atoms with E-state index in [1.807, 2.05) is 0 Å². The lowest BCUT2D eigenvalue weighted by molar-refractivity contribution is -0.138. The van der Waals surface area contributed by atoms with Crippen LogP contribution in [0.1, 0.15) is 67.1 Å². The van der Waals surface area contributed by atoms with E-state index in [0.29, 0.717) is 60.8 Å². The molecular weight excluding hydrogens is 384 g/mol. The van der Waals surface area contributed by atoms with Crippen LogP contribution in [-0.2, 0) is 9.47 Å². The quantitative estimate of drug-likeness (QED) is 0.752. The van der Waals surface area contributed by atoms with E-state index in [0.717, 1.165) is 32.1 Å². The van der Waals surface area contributed by atoms with Crippen molar-refractivity contribution < 1.29 is 19.4 Å². The van der Waals surface area contributed by atoms with Crippen LogP contribution >= 0.6 is 0 Å². The molecule has 2 aliphatic heterocycles. The predicted octanol–water partition coefficient (Wildman–Crippen LogP) is 1.57. The fourth-order valence-corrected chi connectivity index (χ4v) is 7.07. The van der Waals surface area contributed by atoms with Crippen molar-refractivity contribution in [3.63, 3.8) is 0 Å². The lowest BCUT2D eigenvalue weighted by Gasteiger charge is -2.61. The van der Waals surface area contributed by atoms with Gasteiger partial charge >= 0.3 is 0 Å². The van der Waals surface area contributed by atoms with Gasteiger partial charge in [0.2, 0.25) is 5.95 Å². The molecule has 8 heteroatoms. The van der Waals surface area contributed by atoms with Crippen molar-refractivity contribution in [1.29, 1.82) is 0 Å². The first-order chi connectivity index (χ1) is 14.5. The Labute approximate surface area is 176 Å². The maximum atomic E-state index is 12.0. The molecule has 2 unspecified atom stereocenters. The lowest BCUT2D eigenvalue weighted by Crippen LogP contribution is -2.66. The van der Waals surface area contributed by atoms with Crippen LogP contribution in [0.5, 0.6) is 0 Å². The van der Waals surface area contributed by atoms with E-state index in [4.69, 9.17) is 20.2 Å². The highest BCUT2D eigenvalue weighted by atomic mass is 16.5. The molecule has 1 aromatic rings. The minimum absolute atomic E-state index is 0.201. The molecule has 162 valence electrons. The minimum atomic E-state index is -0.512. The molecule has 0 radical (unpaired) electrons. The number of anilines is 1. The van der Waals surface area contributed by atoms with E-state index < -0.39 is 11.5 Å². The van der Waals surface area contributed by atoms with Crippen molar-refractivity contribution in [1.82, 2.24) is 9.97 Å². The van der Waals surface area contributed by atoms with Gasteiger partial charge in [0.15, 0.2) is 0 Å². The second-order valence-corrected chi connectivity index (χ2v) is 10.1.